The summed E-state index contributed by atoms with van der Waals surface area (Å²) >= 11 is 0. The second-order valence-corrected chi connectivity index (χ2v) is 2.53. The largest absolute Gasteiger partial charge is 0.382 e. The highest BCUT2D eigenvalue weighted by Gasteiger charge is 2.11. The van der Waals surface area contributed by atoms with Gasteiger partial charge in [0.05, 0.1) is 6.20 Å². The third kappa shape index (κ3) is 1.74. The van der Waals surface area contributed by atoms with Crippen molar-refractivity contribution in [3.05, 3.63) is 24.0 Å². The average molecular weight is 221 g/mol. The van der Waals surface area contributed by atoms with Crippen LogP contribution in [0.2, 0.25) is 0 Å². The average Bonchev–Trinajstić information content (AvgIpc) is 2.46. The molecule has 0 radical (unpaired) electrons. The molecule has 0 amide bonds. The highest BCUT2D eigenvalue weighted by molar-refractivity contribution is 5.85. The third-order valence-corrected chi connectivity index (χ3v) is 1.58. The molecule has 0 spiro atoms. The van der Waals surface area contributed by atoms with Gasteiger partial charge in [-0.3, -0.25) is 0 Å². The van der Waals surface area contributed by atoms with Gasteiger partial charge in [0.2, 0.25) is 0 Å². The number of nitrogen functional groups attached to an aromatic ring is 1. The van der Waals surface area contributed by atoms with Gasteiger partial charge in [-0.2, -0.15) is 0 Å². The lowest BCUT2D eigenvalue weighted by Gasteiger charge is -1.91. The van der Waals surface area contributed by atoms with Gasteiger partial charge in [0.15, 0.2) is 5.65 Å². The van der Waals surface area contributed by atoms with Gasteiger partial charge in [-0.1, -0.05) is 0 Å². The fourth-order valence-corrected chi connectivity index (χ4v) is 1.02. The van der Waals surface area contributed by atoms with Crippen LogP contribution in [0.4, 0.5) is 14.6 Å². The summed E-state index contributed by atoms with van der Waals surface area (Å²) in [5.41, 5.74) is 5.43. The van der Waals surface area contributed by atoms with Crippen molar-refractivity contribution in [3.63, 3.8) is 0 Å². The van der Waals surface area contributed by atoms with Gasteiger partial charge in [0.25, 0.3) is 6.43 Å². The van der Waals surface area contributed by atoms with Crippen LogP contribution >= 0.6 is 12.4 Å². The van der Waals surface area contributed by atoms with Crippen LogP contribution < -0.4 is 5.73 Å². The Morgan fingerprint density at radius 3 is 2.71 bits per heavy atom. The van der Waals surface area contributed by atoms with Gasteiger partial charge in [-0.25, -0.2) is 18.3 Å². The van der Waals surface area contributed by atoms with E-state index in [1.54, 1.807) is 0 Å². The molecule has 14 heavy (non-hydrogen) atoms. The zero-order valence-electron chi connectivity index (χ0n) is 6.89. The topological polar surface area (TPSA) is 56.2 Å². The van der Waals surface area contributed by atoms with Gasteiger partial charge in [0, 0.05) is 0 Å². The smallest absolute Gasteiger partial charge is 0.281 e. The molecular formula is C7H7ClF2N4. The zero-order valence-corrected chi connectivity index (χ0v) is 7.71. The monoisotopic (exact) mass is 220 g/mol. The molecule has 2 rings (SSSR count). The van der Waals surface area contributed by atoms with E-state index in [1.807, 2.05) is 0 Å². The van der Waals surface area contributed by atoms with Crippen molar-refractivity contribution in [3.8, 4) is 0 Å². The maximum absolute atomic E-state index is 12.2. The van der Waals surface area contributed by atoms with Crippen LogP contribution in [-0.4, -0.2) is 14.6 Å². The highest BCUT2D eigenvalue weighted by Crippen LogP contribution is 2.17. The summed E-state index contributed by atoms with van der Waals surface area (Å²) in [6.45, 7) is 0. The standard InChI is InChI=1S/C7H6F2N4.ClH/c8-7(9)4-3-13-6(11-4)2-1-5(10)12-13;/h1-3,7H,(H2,10,12);1H. The number of nitrogens with two attached hydrogens (primary N) is 1. The van der Waals surface area contributed by atoms with Crippen molar-refractivity contribution in [1.29, 1.82) is 0 Å². The molecule has 2 heterocycles. The fraction of sp³-hybridized carbons (Fsp3) is 0.143. The van der Waals surface area contributed by atoms with Gasteiger partial charge < -0.3 is 5.73 Å². The van der Waals surface area contributed by atoms with E-state index in [9.17, 15) is 8.78 Å². The van der Waals surface area contributed by atoms with E-state index in [1.165, 1.54) is 16.6 Å². The lowest BCUT2D eigenvalue weighted by atomic mass is 10.5. The Labute approximate surface area is 84.1 Å². The number of anilines is 1. The summed E-state index contributed by atoms with van der Waals surface area (Å²) in [6, 6.07) is 3.05. The first-order chi connectivity index (χ1) is 6.16. The number of fused-ring (bicyclic) bond motifs is 1. The predicted octanol–water partition coefficient (Wildman–Crippen LogP) is 1.67. The molecule has 2 N–H and O–H groups in total. The third-order valence-electron chi connectivity index (χ3n) is 1.58. The van der Waals surface area contributed by atoms with Crippen molar-refractivity contribution in [2.24, 2.45) is 0 Å². The highest BCUT2D eigenvalue weighted by atomic mass is 35.5. The van der Waals surface area contributed by atoms with Crippen LogP contribution in [0, 0.1) is 0 Å². The van der Waals surface area contributed by atoms with Gasteiger partial charge >= 0.3 is 0 Å². The number of hydrogen-bond donors (Lipinski definition) is 1. The molecule has 0 aromatic carbocycles. The van der Waals surface area contributed by atoms with Crippen molar-refractivity contribution in [2.45, 2.75) is 6.43 Å². The summed E-state index contributed by atoms with van der Waals surface area (Å²) in [6.07, 6.45) is -1.42. The van der Waals surface area contributed by atoms with Crippen molar-refractivity contribution < 1.29 is 8.78 Å². The van der Waals surface area contributed by atoms with Crippen LogP contribution in [0.15, 0.2) is 18.3 Å². The second kappa shape index (κ2) is 3.75. The molecule has 0 fully saturated rings. The Balaban J connectivity index is 0.000000980. The summed E-state index contributed by atoms with van der Waals surface area (Å²) in [5.74, 6) is 0.269. The first-order valence-corrected chi connectivity index (χ1v) is 3.57. The van der Waals surface area contributed by atoms with E-state index in [4.69, 9.17) is 5.73 Å². The minimum Gasteiger partial charge on any atom is -0.382 e. The van der Waals surface area contributed by atoms with Crippen molar-refractivity contribution in [1.82, 2.24) is 14.6 Å². The number of imidazole rings is 1. The first-order valence-electron chi connectivity index (χ1n) is 3.57. The van der Waals surface area contributed by atoms with Crippen LogP contribution in [0.3, 0.4) is 0 Å². The SMILES string of the molecule is Cl.Nc1ccc2nc(C(F)F)cn2n1. The molecule has 0 aliphatic heterocycles. The van der Waals surface area contributed by atoms with Crippen LogP contribution in [-0.2, 0) is 0 Å². The first kappa shape index (κ1) is 10.6. The number of halogens is 3. The molecule has 7 heteroatoms. The normalized spacial score (nSPS) is 10.5. The second-order valence-electron chi connectivity index (χ2n) is 2.53. The molecule has 0 aliphatic rings. The van der Waals surface area contributed by atoms with E-state index in [-0.39, 0.29) is 23.9 Å². The Kier molecular flexibility index (Phi) is 2.85. The lowest BCUT2D eigenvalue weighted by Crippen LogP contribution is -1.95. The number of aromatic nitrogens is 3. The van der Waals surface area contributed by atoms with Crippen molar-refractivity contribution >= 4 is 23.9 Å². The van der Waals surface area contributed by atoms with Crippen LogP contribution in [0.25, 0.3) is 5.65 Å². The number of rotatable bonds is 1. The Bertz CT molecular complexity index is 442. The molecule has 0 saturated carbocycles. The van der Waals surface area contributed by atoms with Gasteiger partial charge in [0.1, 0.15) is 11.5 Å². The molecule has 0 unspecified atom stereocenters. The van der Waals surface area contributed by atoms with Crippen LogP contribution in [0.5, 0.6) is 0 Å². The maximum Gasteiger partial charge on any atom is 0.281 e. The number of hydrogen-bond acceptors (Lipinski definition) is 3. The summed E-state index contributed by atoms with van der Waals surface area (Å²) < 4.78 is 25.6. The maximum atomic E-state index is 12.2. The Morgan fingerprint density at radius 1 is 1.36 bits per heavy atom. The van der Waals surface area contributed by atoms with E-state index < -0.39 is 6.43 Å². The molecule has 0 atom stereocenters. The lowest BCUT2D eigenvalue weighted by molar-refractivity contribution is 0.146. The van der Waals surface area contributed by atoms with Gasteiger partial charge in [-0.15, -0.1) is 17.5 Å². The molecule has 4 nitrogen and oxygen atoms in total. The zero-order chi connectivity index (χ0) is 9.42. The minimum absolute atomic E-state index is 0. The summed E-state index contributed by atoms with van der Waals surface area (Å²) in [7, 11) is 0. The van der Waals surface area contributed by atoms with E-state index in [2.05, 4.69) is 10.1 Å². The Morgan fingerprint density at radius 2 is 2.07 bits per heavy atom. The minimum atomic E-state index is -2.58. The van der Waals surface area contributed by atoms with Crippen molar-refractivity contribution in [2.75, 3.05) is 5.73 Å². The molecule has 76 valence electrons. The summed E-state index contributed by atoms with van der Waals surface area (Å²) in [4.78, 5) is 3.65. The molecular weight excluding hydrogens is 214 g/mol. The fourth-order valence-electron chi connectivity index (χ4n) is 1.02. The molecule has 0 bridgehead atoms. The predicted molar refractivity (Wildman–Crippen MR) is 49.6 cm³/mol. The van der Waals surface area contributed by atoms with Gasteiger partial charge in [-0.05, 0) is 12.1 Å². The molecule has 2 aromatic heterocycles. The van der Waals surface area contributed by atoms with E-state index in [0.717, 1.165) is 6.20 Å². The molecule has 2 aromatic rings. The molecule has 0 saturated heterocycles. The number of alkyl halides is 2. The Hall–Kier alpha value is -1.43. The summed E-state index contributed by atoms with van der Waals surface area (Å²) in [5, 5.41) is 3.78. The van der Waals surface area contributed by atoms with Crippen LogP contribution in [0.1, 0.15) is 12.1 Å². The molecule has 0 aliphatic carbocycles. The van der Waals surface area contributed by atoms with E-state index >= 15 is 0 Å². The quantitative estimate of drug-likeness (QED) is 0.795. The number of nitrogens with zero attached hydrogens (tertiary/aromatic N) is 3. The van der Waals surface area contributed by atoms with E-state index in [0.29, 0.717) is 5.65 Å².